The van der Waals surface area contributed by atoms with Crippen LogP contribution in [0.25, 0.3) is 0 Å². The number of carbonyl (C=O) groups is 1. The first-order valence-corrected chi connectivity index (χ1v) is 10.7. The Bertz CT molecular complexity index is 821. The molecule has 0 fully saturated rings. The molecule has 0 heterocycles. The van der Waals surface area contributed by atoms with Crippen LogP contribution in [0, 0.1) is 11.3 Å². The zero-order valence-electron chi connectivity index (χ0n) is 19.1. The Balaban J connectivity index is 2.28. The summed E-state index contributed by atoms with van der Waals surface area (Å²) in [6.07, 6.45) is 0.301. The minimum Gasteiger partial charge on any atom is -0.504 e. The highest BCUT2D eigenvalue weighted by molar-refractivity contribution is 5.87. The van der Waals surface area contributed by atoms with Crippen LogP contribution in [0.5, 0.6) is 11.5 Å². The first-order valence-electron chi connectivity index (χ1n) is 10.7. The Morgan fingerprint density at radius 1 is 0.933 bits per heavy atom. The van der Waals surface area contributed by atoms with Gasteiger partial charge in [0.05, 0.1) is 6.61 Å². The summed E-state index contributed by atoms with van der Waals surface area (Å²) in [7, 11) is 0. The van der Waals surface area contributed by atoms with Gasteiger partial charge in [0, 0.05) is 11.3 Å². The van der Waals surface area contributed by atoms with Crippen molar-refractivity contribution in [3.05, 3.63) is 59.7 Å². The number of rotatable bonds is 9. The van der Waals surface area contributed by atoms with Crippen molar-refractivity contribution >= 4 is 5.78 Å². The average Bonchev–Trinajstić information content (AvgIpc) is 2.69. The maximum Gasteiger partial charge on any atom is 0.166 e. The average molecular weight is 413 g/mol. The van der Waals surface area contributed by atoms with E-state index in [2.05, 4.69) is 26.0 Å². The Morgan fingerprint density at radius 3 is 2.10 bits per heavy atom. The molecule has 0 spiro atoms. The molecule has 4 nitrogen and oxygen atoms in total. The summed E-state index contributed by atoms with van der Waals surface area (Å²) < 4.78 is 6.04. The van der Waals surface area contributed by atoms with Crippen LogP contribution < -0.4 is 0 Å². The molecule has 2 aromatic carbocycles. The molecule has 0 aliphatic carbocycles. The van der Waals surface area contributed by atoms with E-state index in [1.165, 1.54) is 11.6 Å². The molecule has 2 N–H and O–H groups in total. The molecule has 3 atom stereocenters. The predicted octanol–water partition coefficient (Wildman–Crippen LogP) is 6.03. The van der Waals surface area contributed by atoms with Gasteiger partial charge in [0.2, 0.25) is 0 Å². The van der Waals surface area contributed by atoms with E-state index in [-0.39, 0.29) is 23.2 Å². The van der Waals surface area contributed by atoms with Crippen molar-refractivity contribution in [2.45, 2.75) is 65.9 Å². The molecule has 0 aromatic heterocycles. The number of benzene rings is 2. The molecule has 164 valence electrons. The number of ether oxygens (including phenoxy) is 1. The molecular weight excluding hydrogens is 376 g/mol. The highest BCUT2D eigenvalue weighted by Gasteiger charge is 2.29. The quantitative estimate of drug-likeness (QED) is 0.493. The monoisotopic (exact) mass is 412 g/mol. The first kappa shape index (κ1) is 23.9. The molecule has 4 heteroatoms. The molecule has 2 rings (SSSR count). The summed E-state index contributed by atoms with van der Waals surface area (Å²) >= 11 is 0. The number of phenolic OH excluding ortho intramolecular Hbond substituents is 2. The van der Waals surface area contributed by atoms with Gasteiger partial charge in [0.1, 0.15) is 6.10 Å². The van der Waals surface area contributed by atoms with Crippen LogP contribution in [0.4, 0.5) is 0 Å². The van der Waals surface area contributed by atoms with Crippen LogP contribution in [0.15, 0.2) is 48.5 Å². The molecule has 0 saturated carbocycles. The van der Waals surface area contributed by atoms with E-state index in [0.717, 1.165) is 12.0 Å². The second kappa shape index (κ2) is 10.1. The van der Waals surface area contributed by atoms with E-state index >= 15 is 0 Å². The molecule has 30 heavy (non-hydrogen) atoms. The molecule has 3 unspecified atom stereocenters. The number of carbonyl (C=O) groups excluding carboxylic acids is 1. The van der Waals surface area contributed by atoms with Gasteiger partial charge in [0.25, 0.3) is 0 Å². The fourth-order valence-corrected chi connectivity index (χ4v) is 3.84. The lowest BCUT2D eigenvalue weighted by Gasteiger charge is -2.29. The third kappa shape index (κ3) is 6.33. The summed E-state index contributed by atoms with van der Waals surface area (Å²) in [5.74, 6) is 0.464. The van der Waals surface area contributed by atoms with Gasteiger partial charge in [-0.05, 0) is 48.4 Å². The third-order valence-corrected chi connectivity index (χ3v) is 5.70. The molecule has 0 saturated heterocycles. The summed E-state index contributed by atoms with van der Waals surface area (Å²) in [4.78, 5) is 12.6. The lowest BCUT2D eigenvalue weighted by molar-refractivity contribution is -0.137. The van der Waals surface area contributed by atoms with Gasteiger partial charge in [-0.3, -0.25) is 4.79 Å². The van der Waals surface area contributed by atoms with Crippen LogP contribution in [0.3, 0.4) is 0 Å². The SMILES string of the molecule is CC(OCC(CC(c1ccccc1)C(C)C)c1ccc(O)c(O)c1)C(=O)C(C)(C)C. The maximum atomic E-state index is 12.6. The number of hydrogen-bond donors (Lipinski definition) is 2. The lowest BCUT2D eigenvalue weighted by atomic mass is 9.79. The largest absolute Gasteiger partial charge is 0.504 e. The minimum absolute atomic E-state index is 0.0284. The normalized spacial score (nSPS) is 15.0. The van der Waals surface area contributed by atoms with Crippen molar-refractivity contribution in [1.29, 1.82) is 0 Å². The summed E-state index contributed by atoms with van der Waals surface area (Å²) in [6, 6.07) is 15.3. The van der Waals surface area contributed by atoms with E-state index in [4.69, 9.17) is 4.74 Å². The van der Waals surface area contributed by atoms with Crippen molar-refractivity contribution in [3.8, 4) is 11.5 Å². The van der Waals surface area contributed by atoms with Gasteiger partial charge in [-0.1, -0.05) is 71.0 Å². The number of hydrogen-bond acceptors (Lipinski definition) is 4. The molecule has 0 aliphatic heterocycles. The second-order valence-electron chi connectivity index (χ2n) is 9.53. The zero-order chi connectivity index (χ0) is 22.5. The van der Waals surface area contributed by atoms with Crippen molar-refractivity contribution in [1.82, 2.24) is 0 Å². The topological polar surface area (TPSA) is 66.8 Å². The van der Waals surface area contributed by atoms with Crippen LogP contribution in [0.2, 0.25) is 0 Å². The van der Waals surface area contributed by atoms with Crippen molar-refractivity contribution < 1.29 is 19.7 Å². The maximum absolute atomic E-state index is 12.6. The van der Waals surface area contributed by atoms with Gasteiger partial charge < -0.3 is 14.9 Å². The minimum atomic E-state index is -0.507. The number of aromatic hydroxyl groups is 2. The smallest absolute Gasteiger partial charge is 0.166 e. The Labute approximate surface area is 180 Å². The summed E-state index contributed by atoms with van der Waals surface area (Å²) in [5.41, 5.74) is 1.69. The van der Waals surface area contributed by atoms with Gasteiger partial charge in [-0.2, -0.15) is 0 Å². The molecule has 2 aromatic rings. The van der Waals surface area contributed by atoms with E-state index in [1.807, 2.05) is 45.0 Å². The van der Waals surface area contributed by atoms with Crippen LogP contribution >= 0.6 is 0 Å². The molecule has 0 amide bonds. The molecule has 0 radical (unpaired) electrons. The van der Waals surface area contributed by atoms with Crippen molar-refractivity contribution in [2.24, 2.45) is 11.3 Å². The highest BCUT2D eigenvalue weighted by atomic mass is 16.5. The molecule has 0 bridgehead atoms. The van der Waals surface area contributed by atoms with Crippen molar-refractivity contribution in [3.63, 3.8) is 0 Å². The number of ketones is 1. The summed E-state index contributed by atoms with van der Waals surface area (Å²) in [5, 5.41) is 19.8. The number of phenols is 2. The van der Waals surface area contributed by atoms with Gasteiger partial charge >= 0.3 is 0 Å². The standard InChI is InChI=1S/C26H36O4/c1-17(2)22(19-10-8-7-9-11-19)14-21(20-12-13-23(27)24(28)15-20)16-30-18(3)25(29)26(4,5)6/h7-13,15,17-18,21-22,27-28H,14,16H2,1-6H3. The second-order valence-corrected chi connectivity index (χ2v) is 9.53. The van der Waals surface area contributed by atoms with Crippen molar-refractivity contribution in [2.75, 3.05) is 6.61 Å². The van der Waals surface area contributed by atoms with E-state index < -0.39 is 11.5 Å². The third-order valence-electron chi connectivity index (χ3n) is 5.70. The summed E-state index contributed by atoms with van der Waals surface area (Å²) in [6.45, 7) is 12.3. The Morgan fingerprint density at radius 2 is 1.57 bits per heavy atom. The van der Waals surface area contributed by atoms with Crippen LogP contribution in [-0.2, 0) is 9.53 Å². The van der Waals surface area contributed by atoms with E-state index in [0.29, 0.717) is 18.4 Å². The van der Waals surface area contributed by atoms with Crippen LogP contribution in [-0.4, -0.2) is 28.7 Å². The molecule has 0 aliphatic rings. The van der Waals surface area contributed by atoms with Gasteiger partial charge in [-0.15, -0.1) is 0 Å². The van der Waals surface area contributed by atoms with E-state index in [9.17, 15) is 15.0 Å². The van der Waals surface area contributed by atoms with Crippen LogP contribution in [0.1, 0.15) is 70.9 Å². The van der Waals surface area contributed by atoms with Gasteiger partial charge in [-0.25, -0.2) is 0 Å². The Hall–Kier alpha value is -2.33. The Kier molecular flexibility index (Phi) is 8.08. The fourth-order valence-electron chi connectivity index (χ4n) is 3.84. The van der Waals surface area contributed by atoms with Gasteiger partial charge in [0.15, 0.2) is 17.3 Å². The predicted molar refractivity (Wildman–Crippen MR) is 121 cm³/mol. The first-order chi connectivity index (χ1) is 14.0. The fraction of sp³-hybridized carbons (Fsp3) is 0.500. The zero-order valence-corrected chi connectivity index (χ0v) is 19.1. The van der Waals surface area contributed by atoms with E-state index in [1.54, 1.807) is 13.0 Å². The lowest BCUT2D eigenvalue weighted by Crippen LogP contribution is -2.33. The highest BCUT2D eigenvalue weighted by Crippen LogP contribution is 2.38. The molecular formula is C26H36O4. The number of Topliss-reactive ketones (excluding diaryl/α,β-unsaturated/α-hetero) is 1.